The van der Waals surface area contributed by atoms with Crippen molar-refractivity contribution >= 4 is 35.2 Å². The summed E-state index contributed by atoms with van der Waals surface area (Å²) in [4.78, 5) is 37.1. The molecule has 1 aliphatic heterocycles. The average Bonchev–Trinajstić information content (AvgIpc) is 2.91. The molecule has 8 heteroatoms. The minimum atomic E-state index is -0.854. The largest absolute Gasteiger partial charge is 0.463 e. The van der Waals surface area contributed by atoms with Gasteiger partial charge in [0.2, 0.25) is 0 Å². The van der Waals surface area contributed by atoms with Crippen molar-refractivity contribution < 1.29 is 19.1 Å². The predicted octanol–water partition coefficient (Wildman–Crippen LogP) is 1.29. The zero-order valence-corrected chi connectivity index (χ0v) is 14.4. The van der Waals surface area contributed by atoms with Crippen molar-refractivity contribution in [2.45, 2.75) is 17.7 Å². The Balaban J connectivity index is 2.17. The number of ether oxygens (including phenoxy) is 1. The topological polar surface area (TPSA) is 116 Å². The van der Waals surface area contributed by atoms with Crippen LogP contribution in [0, 0.1) is 0 Å². The molecule has 0 atom stereocenters. The van der Waals surface area contributed by atoms with Crippen LogP contribution < -0.4 is 16.4 Å². The Hall–Kier alpha value is -2.74. The van der Waals surface area contributed by atoms with Gasteiger partial charge >= 0.3 is 5.97 Å². The number of nitrogens with zero attached hydrogens (tertiary/aromatic N) is 1. The molecule has 1 aromatic rings. The molecule has 0 unspecified atom stereocenters. The average molecular weight is 361 g/mol. The van der Waals surface area contributed by atoms with Gasteiger partial charge in [0, 0.05) is 17.5 Å². The number of primary amides is 2. The van der Waals surface area contributed by atoms with Crippen molar-refractivity contribution in [3.63, 3.8) is 0 Å². The van der Waals surface area contributed by atoms with Gasteiger partial charge in [0.1, 0.15) is 5.57 Å². The molecule has 0 saturated heterocycles. The first-order chi connectivity index (χ1) is 12.0. The number of nitrogens with two attached hydrogens (primary N) is 2. The Morgan fingerprint density at radius 1 is 1.16 bits per heavy atom. The number of rotatable bonds is 8. The number of carbonyl (C=O) groups is 3. The number of thioether (sulfide) groups is 1. The Bertz CT molecular complexity index is 729. The van der Waals surface area contributed by atoms with Crippen LogP contribution in [-0.2, 0) is 19.1 Å². The van der Waals surface area contributed by atoms with Crippen LogP contribution in [0.5, 0.6) is 0 Å². The van der Waals surface area contributed by atoms with Crippen molar-refractivity contribution in [1.29, 1.82) is 0 Å². The number of hydrogen-bond acceptors (Lipinski definition) is 6. The molecular weight excluding hydrogens is 342 g/mol. The van der Waals surface area contributed by atoms with E-state index in [4.69, 9.17) is 16.2 Å². The molecule has 0 bridgehead atoms. The quantitative estimate of drug-likeness (QED) is 0.237. The Labute approximate surface area is 149 Å². The fourth-order valence-corrected chi connectivity index (χ4v) is 3.62. The molecule has 4 N–H and O–H groups in total. The Morgan fingerprint density at radius 3 is 2.48 bits per heavy atom. The number of anilines is 1. The summed E-state index contributed by atoms with van der Waals surface area (Å²) >= 11 is 1.29. The van der Waals surface area contributed by atoms with Crippen LogP contribution in [0.25, 0.3) is 0 Å². The van der Waals surface area contributed by atoms with E-state index >= 15 is 0 Å². The maximum absolute atomic E-state index is 11.7. The highest BCUT2D eigenvalue weighted by Crippen LogP contribution is 2.47. The van der Waals surface area contributed by atoms with Gasteiger partial charge in [0.05, 0.1) is 17.3 Å². The minimum absolute atomic E-state index is 0.209. The SMILES string of the molecule is C=CC(=O)OCCCCN1C(=C(C(N)=O)C(N)=O)Sc2ccccc21. The van der Waals surface area contributed by atoms with Gasteiger partial charge in [-0.25, -0.2) is 4.79 Å². The van der Waals surface area contributed by atoms with Gasteiger partial charge in [-0.2, -0.15) is 0 Å². The molecule has 2 rings (SSSR count). The van der Waals surface area contributed by atoms with Gasteiger partial charge in [-0.1, -0.05) is 30.5 Å². The highest BCUT2D eigenvalue weighted by Gasteiger charge is 2.31. The molecule has 0 spiro atoms. The van der Waals surface area contributed by atoms with Gasteiger partial charge in [-0.05, 0) is 25.0 Å². The molecule has 1 aliphatic rings. The molecule has 0 aromatic heterocycles. The lowest BCUT2D eigenvalue weighted by Crippen LogP contribution is -2.31. The molecule has 7 nitrogen and oxygen atoms in total. The fraction of sp³-hybridized carbons (Fsp3) is 0.235. The van der Waals surface area contributed by atoms with E-state index in [0.29, 0.717) is 24.4 Å². The monoisotopic (exact) mass is 361 g/mol. The number of carbonyl (C=O) groups excluding carboxylic acids is 3. The molecule has 2 amide bonds. The molecule has 25 heavy (non-hydrogen) atoms. The number of para-hydroxylation sites is 1. The summed E-state index contributed by atoms with van der Waals surface area (Å²) in [7, 11) is 0. The van der Waals surface area contributed by atoms with E-state index in [0.717, 1.165) is 16.7 Å². The first kappa shape index (κ1) is 18.6. The fourth-order valence-electron chi connectivity index (χ4n) is 2.38. The summed E-state index contributed by atoms with van der Waals surface area (Å²) in [5.74, 6) is -2.17. The van der Waals surface area contributed by atoms with Crippen LogP contribution in [0.15, 0.2) is 52.4 Å². The van der Waals surface area contributed by atoms with Crippen molar-refractivity contribution in [2.75, 3.05) is 18.1 Å². The third kappa shape index (κ3) is 4.42. The second-order valence-corrected chi connectivity index (χ2v) is 6.24. The van der Waals surface area contributed by atoms with E-state index in [1.54, 1.807) is 0 Å². The number of hydrogen-bond donors (Lipinski definition) is 2. The Kier molecular flexibility index (Phi) is 6.24. The van der Waals surface area contributed by atoms with Crippen LogP contribution in [0.3, 0.4) is 0 Å². The van der Waals surface area contributed by atoms with Crippen LogP contribution >= 0.6 is 11.8 Å². The highest BCUT2D eigenvalue weighted by molar-refractivity contribution is 8.03. The molecule has 1 aromatic carbocycles. The summed E-state index contributed by atoms with van der Waals surface area (Å²) in [6.07, 6.45) is 2.41. The van der Waals surface area contributed by atoms with Crippen molar-refractivity contribution in [3.05, 3.63) is 47.5 Å². The number of fused-ring (bicyclic) bond motifs is 1. The molecule has 0 saturated carbocycles. The first-order valence-electron chi connectivity index (χ1n) is 7.63. The van der Waals surface area contributed by atoms with Gasteiger partial charge in [0.25, 0.3) is 11.8 Å². The van der Waals surface area contributed by atoms with E-state index in [9.17, 15) is 14.4 Å². The van der Waals surface area contributed by atoms with E-state index in [2.05, 4.69) is 6.58 Å². The van der Waals surface area contributed by atoms with Crippen molar-refractivity contribution in [2.24, 2.45) is 11.5 Å². The molecule has 1 heterocycles. The standard InChI is InChI=1S/C17H19N3O4S/c1-2-13(21)24-10-6-5-9-20-11-7-3-4-8-12(11)25-17(20)14(15(18)22)16(19)23/h2-4,7-8H,1,5-6,9-10H2,(H2,18,22)(H2,19,23). The van der Waals surface area contributed by atoms with E-state index < -0.39 is 17.8 Å². The molecule has 132 valence electrons. The lowest BCUT2D eigenvalue weighted by molar-refractivity contribution is -0.137. The molecular formula is C17H19N3O4S. The van der Waals surface area contributed by atoms with Gasteiger partial charge in [-0.15, -0.1) is 0 Å². The van der Waals surface area contributed by atoms with Crippen LogP contribution in [0.2, 0.25) is 0 Å². The van der Waals surface area contributed by atoms with Crippen molar-refractivity contribution in [1.82, 2.24) is 0 Å². The van der Waals surface area contributed by atoms with Crippen LogP contribution in [-0.4, -0.2) is 30.9 Å². The van der Waals surface area contributed by atoms with Gasteiger partial charge < -0.3 is 21.1 Å². The summed E-state index contributed by atoms with van der Waals surface area (Å²) in [6.45, 7) is 4.12. The van der Waals surface area contributed by atoms with E-state index in [-0.39, 0.29) is 12.2 Å². The second-order valence-electron chi connectivity index (χ2n) is 5.21. The predicted molar refractivity (Wildman–Crippen MR) is 95.4 cm³/mol. The minimum Gasteiger partial charge on any atom is -0.463 e. The number of esters is 1. The third-order valence-corrected chi connectivity index (χ3v) is 4.68. The lowest BCUT2D eigenvalue weighted by Gasteiger charge is -2.21. The molecule has 0 fully saturated rings. The summed E-state index contributed by atoms with van der Waals surface area (Å²) in [5, 5.41) is 0.435. The normalized spacial score (nSPS) is 12.5. The van der Waals surface area contributed by atoms with Crippen molar-refractivity contribution in [3.8, 4) is 0 Å². The first-order valence-corrected chi connectivity index (χ1v) is 8.44. The Morgan fingerprint density at radius 2 is 1.84 bits per heavy atom. The molecule has 0 aliphatic carbocycles. The third-order valence-electron chi connectivity index (χ3n) is 3.50. The summed E-state index contributed by atoms with van der Waals surface area (Å²) in [5.41, 5.74) is 11.3. The highest BCUT2D eigenvalue weighted by atomic mass is 32.2. The lowest BCUT2D eigenvalue weighted by atomic mass is 10.2. The van der Waals surface area contributed by atoms with Gasteiger partial charge in [0.15, 0.2) is 0 Å². The summed E-state index contributed by atoms with van der Waals surface area (Å²) in [6, 6.07) is 7.53. The maximum Gasteiger partial charge on any atom is 0.330 e. The second kappa shape index (κ2) is 8.39. The molecule has 0 radical (unpaired) electrons. The smallest absolute Gasteiger partial charge is 0.330 e. The zero-order chi connectivity index (χ0) is 18.4. The van der Waals surface area contributed by atoms with E-state index in [1.807, 2.05) is 29.2 Å². The van der Waals surface area contributed by atoms with E-state index in [1.165, 1.54) is 11.8 Å². The number of unbranched alkanes of at least 4 members (excludes halogenated alkanes) is 1. The zero-order valence-electron chi connectivity index (χ0n) is 13.6. The van der Waals surface area contributed by atoms with Crippen LogP contribution in [0.4, 0.5) is 5.69 Å². The van der Waals surface area contributed by atoms with Gasteiger partial charge in [-0.3, -0.25) is 9.59 Å². The number of amides is 2. The maximum atomic E-state index is 11.7. The number of benzene rings is 1. The van der Waals surface area contributed by atoms with Crippen LogP contribution in [0.1, 0.15) is 12.8 Å². The summed E-state index contributed by atoms with van der Waals surface area (Å²) < 4.78 is 4.94.